The Hall–Kier alpha value is -2.55. The van der Waals surface area contributed by atoms with Gasteiger partial charge in [0.05, 0.1) is 6.61 Å². The molecular weight excluding hydrogens is 462 g/mol. The zero-order chi connectivity index (χ0) is 23.8. The van der Waals surface area contributed by atoms with Gasteiger partial charge in [-0.05, 0) is 50.1 Å². The number of amidine groups is 1. The van der Waals surface area contributed by atoms with Crippen LogP contribution >= 0.6 is 23.4 Å². The van der Waals surface area contributed by atoms with Crippen molar-refractivity contribution in [1.82, 2.24) is 4.90 Å². The van der Waals surface area contributed by atoms with Gasteiger partial charge in [-0.2, -0.15) is 0 Å². The minimum absolute atomic E-state index is 0.0301. The van der Waals surface area contributed by atoms with Gasteiger partial charge in [0.15, 0.2) is 5.17 Å². The molecule has 0 aromatic heterocycles. The van der Waals surface area contributed by atoms with Gasteiger partial charge in [0, 0.05) is 37.4 Å². The third kappa shape index (κ3) is 6.50. The predicted molar refractivity (Wildman–Crippen MR) is 134 cm³/mol. The molecule has 0 saturated carbocycles. The molecule has 2 amide bonds. The fourth-order valence-corrected chi connectivity index (χ4v) is 4.69. The van der Waals surface area contributed by atoms with E-state index in [-0.39, 0.29) is 18.2 Å². The van der Waals surface area contributed by atoms with E-state index in [0.29, 0.717) is 53.5 Å². The molecule has 2 aromatic rings. The predicted octanol–water partition coefficient (Wildman–Crippen LogP) is 5.04. The molecule has 1 aliphatic rings. The molecule has 0 bridgehead atoms. The van der Waals surface area contributed by atoms with Crippen LogP contribution in [0.1, 0.15) is 25.3 Å². The van der Waals surface area contributed by atoms with Crippen molar-refractivity contribution in [3.8, 4) is 5.75 Å². The van der Waals surface area contributed by atoms with E-state index in [1.165, 1.54) is 11.8 Å². The maximum absolute atomic E-state index is 13.2. The van der Waals surface area contributed by atoms with Crippen LogP contribution in [0.25, 0.3) is 0 Å². The number of hydrogen-bond acceptors (Lipinski definition) is 6. The molecule has 3 rings (SSSR count). The highest BCUT2D eigenvalue weighted by Gasteiger charge is 2.39. The molecule has 0 aliphatic carbocycles. The normalized spacial score (nSPS) is 17.0. The van der Waals surface area contributed by atoms with Gasteiger partial charge in [-0.1, -0.05) is 41.6 Å². The van der Waals surface area contributed by atoms with E-state index in [1.807, 2.05) is 38.1 Å². The van der Waals surface area contributed by atoms with E-state index in [0.717, 1.165) is 5.56 Å². The molecule has 176 valence electrons. The SMILES string of the molecule is CCOc1ccccc1N=C1SC(CC(=O)Nc2cccc(Cl)c2C)C(=O)N1CCCOC. The third-order valence-electron chi connectivity index (χ3n) is 5.04. The summed E-state index contributed by atoms with van der Waals surface area (Å²) in [4.78, 5) is 32.3. The van der Waals surface area contributed by atoms with E-state index < -0.39 is 5.25 Å². The summed E-state index contributed by atoms with van der Waals surface area (Å²) in [5.74, 6) is 0.260. The number of benzene rings is 2. The maximum atomic E-state index is 13.2. The lowest BCUT2D eigenvalue weighted by atomic mass is 10.2. The lowest BCUT2D eigenvalue weighted by Gasteiger charge is -2.16. The van der Waals surface area contributed by atoms with Gasteiger partial charge in [-0.25, -0.2) is 4.99 Å². The van der Waals surface area contributed by atoms with Crippen LogP contribution in [0.15, 0.2) is 47.5 Å². The first-order valence-corrected chi connectivity index (χ1v) is 12.0. The van der Waals surface area contributed by atoms with Gasteiger partial charge in [-0.15, -0.1) is 0 Å². The van der Waals surface area contributed by atoms with Crippen molar-refractivity contribution in [2.75, 3.05) is 32.2 Å². The first kappa shape index (κ1) is 25.1. The Labute approximate surface area is 203 Å². The smallest absolute Gasteiger partial charge is 0.242 e. The second-order valence-electron chi connectivity index (χ2n) is 7.40. The number of nitrogens with one attached hydrogen (secondary N) is 1. The molecule has 0 spiro atoms. The molecule has 1 unspecified atom stereocenters. The van der Waals surface area contributed by atoms with Crippen LogP contribution in [0.3, 0.4) is 0 Å². The number of hydrogen-bond donors (Lipinski definition) is 1. The van der Waals surface area contributed by atoms with E-state index in [2.05, 4.69) is 5.32 Å². The van der Waals surface area contributed by atoms with Crippen molar-refractivity contribution in [1.29, 1.82) is 0 Å². The second-order valence-corrected chi connectivity index (χ2v) is 8.98. The molecule has 0 radical (unpaired) electrons. The molecule has 1 N–H and O–H groups in total. The Kier molecular flexibility index (Phi) is 9.17. The summed E-state index contributed by atoms with van der Waals surface area (Å²) >= 11 is 7.45. The highest BCUT2D eigenvalue weighted by Crippen LogP contribution is 2.35. The van der Waals surface area contributed by atoms with E-state index >= 15 is 0 Å². The molecule has 9 heteroatoms. The van der Waals surface area contributed by atoms with Crippen molar-refractivity contribution >= 4 is 51.7 Å². The Bertz CT molecular complexity index is 1030. The lowest BCUT2D eigenvalue weighted by Crippen LogP contribution is -2.34. The van der Waals surface area contributed by atoms with Gasteiger partial charge >= 0.3 is 0 Å². The van der Waals surface area contributed by atoms with Crippen LogP contribution in [-0.4, -0.2) is 54.0 Å². The highest BCUT2D eigenvalue weighted by molar-refractivity contribution is 8.15. The van der Waals surface area contributed by atoms with Crippen molar-refractivity contribution < 1.29 is 19.1 Å². The van der Waals surface area contributed by atoms with Crippen molar-refractivity contribution in [3.05, 3.63) is 53.1 Å². The quantitative estimate of drug-likeness (QED) is 0.473. The number of methoxy groups -OCH3 is 1. The molecule has 1 heterocycles. The second kappa shape index (κ2) is 12.1. The molecule has 1 saturated heterocycles. The Morgan fingerprint density at radius 2 is 2.03 bits per heavy atom. The number of nitrogens with zero attached hydrogens (tertiary/aromatic N) is 2. The number of ether oxygens (including phenoxy) is 2. The van der Waals surface area contributed by atoms with Crippen LogP contribution < -0.4 is 10.1 Å². The first-order chi connectivity index (χ1) is 15.9. The summed E-state index contributed by atoms with van der Waals surface area (Å²) < 4.78 is 10.8. The topological polar surface area (TPSA) is 80.2 Å². The number of rotatable bonds is 10. The van der Waals surface area contributed by atoms with Gasteiger partial charge in [-0.3, -0.25) is 14.5 Å². The number of anilines is 1. The fraction of sp³-hybridized carbons (Fsp3) is 0.375. The monoisotopic (exact) mass is 489 g/mol. The highest BCUT2D eigenvalue weighted by atomic mass is 35.5. The van der Waals surface area contributed by atoms with E-state index in [4.69, 9.17) is 26.1 Å². The summed E-state index contributed by atoms with van der Waals surface area (Å²) in [6.07, 6.45) is 0.692. The van der Waals surface area contributed by atoms with Crippen LogP contribution in [0.5, 0.6) is 5.75 Å². The Morgan fingerprint density at radius 3 is 2.79 bits per heavy atom. The average molecular weight is 490 g/mol. The van der Waals surface area contributed by atoms with Crippen LogP contribution in [0.2, 0.25) is 5.02 Å². The fourth-order valence-electron chi connectivity index (χ4n) is 3.34. The van der Waals surface area contributed by atoms with Crippen LogP contribution in [0.4, 0.5) is 11.4 Å². The summed E-state index contributed by atoms with van der Waals surface area (Å²) in [5.41, 5.74) is 2.07. The molecule has 7 nitrogen and oxygen atoms in total. The number of para-hydroxylation sites is 2. The van der Waals surface area contributed by atoms with Crippen LogP contribution in [-0.2, 0) is 14.3 Å². The van der Waals surface area contributed by atoms with Crippen LogP contribution in [0, 0.1) is 6.92 Å². The summed E-state index contributed by atoms with van der Waals surface area (Å²) in [5, 5.41) is 3.43. The lowest BCUT2D eigenvalue weighted by molar-refractivity contribution is -0.128. The van der Waals surface area contributed by atoms with Crippen molar-refractivity contribution in [3.63, 3.8) is 0 Å². The standard InChI is InChI=1S/C24H28ClN3O4S/c1-4-32-20-12-6-5-10-19(20)27-24-28(13-8-14-31-3)23(30)21(33-24)15-22(29)26-18-11-7-9-17(25)16(18)2/h5-7,9-12,21H,4,8,13-15H2,1-3H3,(H,26,29). The minimum Gasteiger partial charge on any atom is -0.492 e. The zero-order valence-corrected chi connectivity index (χ0v) is 20.5. The third-order valence-corrected chi connectivity index (χ3v) is 6.63. The Balaban J connectivity index is 1.79. The summed E-state index contributed by atoms with van der Waals surface area (Å²) in [7, 11) is 1.62. The van der Waals surface area contributed by atoms with E-state index in [1.54, 1.807) is 30.2 Å². The first-order valence-electron chi connectivity index (χ1n) is 10.8. The molecular formula is C24H28ClN3O4S. The number of amides is 2. The number of carbonyl (C=O) groups is 2. The molecule has 2 aromatic carbocycles. The number of carbonyl (C=O) groups excluding carboxylic acids is 2. The Morgan fingerprint density at radius 1 is 1.24 bits per heavy atom. The van der Waals surface area contributed by atoms with Gasteiger partial charge < -0.3 is 14.8 Å². The molecule has 33 heavy (non-hydrogen) atoms. The molecule has 1 aliphatic heterocycles. The largest absolute Gasteiger partial charge is 0.492 e. The van der Waals surface area contributed by atoms with Crippen molar-refractivity contribution in [2.24, 2.45) is 4.99 Å². The maximum Gasteiger partial charge on any atom is 0.242 e. The summed E-state index contributed by atoms with van der Waals surface area (Å²) in [6.45, 7) is 5.24. The minimum atomic E-state index is -0.565. The summed E-state index contributed by atoms with van der Waals surface area (Å²) in [6, 6.07) is 12.8. The van der Waals surface area contributed by atoms with Gasteiger partial charge in [0.2, 0.25) is 11.8 Å². The number of thioether (sulfide) groups is 1. The van der Waals surface area contributed by atoms with E-state index in [9.17, 15) is 9.59 Å². The van der Waals surface area contributed by atoms with Crippen molar-refractivity contribution in [2.45, 2.75) is 31.9 Å². The van der Waals surface area contributed by atoms with Gasteiger partial charge in [0.25, 0.3) is 0 Å². The molecule has 1 fully saturated rings. The molecule has 1 atom stereocenters. The zero-order valence-electron chi connectivity index (χ0n) is 19.0. The van der Waals surface area contributed by atoms with Gasteiger partial charge in [0.1, 0.15) is 16.7 Å². The number of aliphatic imine (C=N–C) groups is 1. The number of halogens is 1. The average Bonchev–Trinajstić information content (AvgIpc) is 3.07.